The number of rotatable bonds is 10. The van der Waals surface area contributed by atoms with Gasteiger partial charge in [0.25, 0.3) is 0 Å². The van der Waals surface area contributed by atoms with E-state index >= 15 is 0 Å². The molecule has 1 saturated heterocycles. The van der Waals surface area contributed by atoms with Gasteiger partial charge in [0, 0.05) is 44.9 Å². The molecule has 0 aliphatic carbocycles. The van der Waals surface area contributed by atoms with Crippen LogP contribution in [0.1, 0.15) is 49.8 Å². The van der Waals surface area contributed by atoms with E-state index in [-0.39, 0.29) is 30.1 Å². The topological polar surface area (TPSA) is 70.6 Å². The Morgan fingerprint density at radius 2 is 1.91 bits per heavy atom. The summed E-state index contributed by atoms with van der Waals surface area (Å²) in [6.07, 6.45) is 6.36. The van der Waals surface area contributed by atoms with Crippen LogP contribution < -0.4 is 16.0 Å². The molecule has 1 aromatic carbocycles. The van der Waals surface area contributed by atoms with E-state index in [9.17, 15) is 0 Å². The molecule has 0 spiro atoms. The van der Waals surface area contributed by atoms with Gasteiger partial charge in [0.1, 0.15) is 5.82 Å². The van der Waals surface area contributed by atoms with E-state index in [0.717, 1.165) is 70.2 Å². The Kier molecular flexibility index (Phi) is 12.4. The highest BCUT2D eigenvalue weighted by atomic mass is 127. The van der Waals surface area contributed by atoms with E-state index < -0.39 is 0 Å². The zero-order valence-corrected chi connectivity index (χ0v) is 21.7. The number of pyridine rings is 1. The van der Waals surface area contributed by atoms with E-state index in [1.807, 2.05) is 24.4 Å². The first-order chi connectivity index (χ1) is 15.3. The second-order valence-corrected chi connectivity index (χ2v) is 8.10. The van der Waals surface area contributed by atoms with Crippen LogP contribution in [0, 0.1) is 12.8 Å². The van der Waals surface area contributed by atoms with Gasteiger partial charge in [-0.05, 0) is 57.2 Å². The quantitative estimate of drug-likeness (QED) is 0.169. The minimum absolute atomic E-state index is 0. The smallest absolute Gasteiger partial charge is 0.191 e. The van der Waals surface area contributed by atoms with Gasteiger partial charge >= 0.3 is 0 Å². The van der Waals surface area contributed by atoms with Crippen LogP contribution in [0.4, 0.5) is 5.82 Å². The third-order valence-corrected chi connectivity index (χ3v) is 5.55. The molecule has 1 aromatic heterocycles. The molecule has 2 unspecified atom stereocenters. The largest absolute Gasteiger partial charge is 0.373 e. The van der Waals surface area contributed by atoms with Gasteiger partial charge in [-0.25, -0.2) is 4.98 Å². The molecule has 32 heavy (non-hydrogen) atoms. The lowest BCUT2D eigenvalue weighted by Crippen LogP contribution is -2.38. The Morgan fingerprint density at radius 3 is 2.66 bits per heavy atom. The molecule has 7 heteroatoms. The van der Waals surface area contributed by atoms with Gasteiger partial charge in [0.2, 0.25) is 0 Å². The van der Waals surface area contributed by atoms with Crippen LogP contribution >= 0.6 is 24.0 Å². The number of anilines is 1. The first-order valence-electron chi connectivity index (χ1n) is 11.6. The number of ether oxygens (including phenoxy) is 1. The molecular weight excluding hydrogens is 513 g/mol. The van der Waals surface area contributed by atoms with Crippen LogP contribution in [-0.2, 0) is 4.74 Å². The van der Waals surface area contributed by atoms with Crippen LogP contribution in [0.3, 0.4) is 0 Å². The van der Waals surface area contributed by atoms with Gasteiger partial charge in [-0.2, -0.15) is 0 Å². The van der Waals surface area contributed by atoms with Crippen LogP contribution in [0.25, 0.3) is 0 Å². The van der Waals surface area contributed by atoms with Crippen molar-refractivity contribution in [2.45, 2.75) is 45.6 Å². The number of nitrogens with one attached hydrogen (secondary N) is 3. The summed E-state index contributed by atoms with van der Waals surface area (Å²) in [7, 11) is 0. The summed E-state index contributed by atoms with van der Waals surface area (Å²) in [5.74, 6) is 2.24. The minimum Gasteiger partial charge on any atom is -0.373 e. The first kappa shape index (κ1) is 26.4. The van der Waals surface area contributed by atoms with Crippen molar-refractivity contribution in [3.8, 4) is 0 Å². The highest BCUT2D eigenvalue weighted by Gasteiger charge is 2.27. The number of hydrogen-bond donors (Lipinski definition) is 3. The van der Waals surface area contributed by atoms with Crippen LogP contribution in [0.2, 0.25) is 0 Å². The predicted octanol–water partition coefficient (Wildman–Crippen LogP) is 4.92. The molecule has 176 valence electrons. The number of unbranched alkanes of at least 4 members (excludes halogenated alkanes) is 1. The fourth-order valence-corrected chi connectivity index (χ4v) is 3.85. The van der Waals surface area contributed by atoms with Crippen molar-refractivity contribution in [1.29, 1.82) is 0 Å². The molecule has 2 heterocycles. The summed E-state index contributed by atoms with van der Waals surface area (Å²) in [6, 6.07) is 14.7. The van der Waals surface area contributed by atoms with E-state index in [0.29, 0.717) is 5.92 Å². The molecule has 1 fully saturated rings. The summed E-state index contributed by atoms with van der Waals surface area (Å²) < 4.78 is 6.15. The summed E-state index contributed by atoms with van der Waals surface area (Å²) in [5, 5.41) is 10.2. The normalized spacial score (nSPS) is 18.5. The molecule has 0 saturated carbocycles. The number of aromatic nitrogens is 1. The second kappa shape index (κ2) is 15.1. The number of aryl methyl sites for hydroxylation is 1. The Hall–Kier alpha value is -1.87. The Labute approximate surface area is 210 Å². The zero-order chi connectivity index (χ0) is 21.7. The summed E-state index contributed by atoms with van der Waals surface area (Å²) in [5.41, 5.74) is 2.55. The molecule has 1 aliphatic heterocycles. The molecular formula is C25H38IN5O. The summed E-state index contributed by atoms with van der Waals surface area (Å²) >= 11 is 0. The number of hydrogen-bond acceptors (Lipinski definition) is 4. The molecule has 3 rings (SSSR count). The van der Waals surface area contributed by atoms with Crippen molar-refractivity contribution in [2.24, 2.45) is 10.9 Å². The van der Waals surface area contributed by atoms with Crippen molar-refractivity contribution < 1.29 is 4.74 Å². The molecule has 6 nitrogen and oxygen atoms in total. The Morgan fingerprint density at radius 1 is 1.09 bits per heavy atom. The SMILES string of the molecule is CCNC(=NCC1CCCOC1c1ccc(C)cc1)NCCCCNc1ccccn1.I. The van der Waals surface area contributed by atoms with Gasteiger partial charge in [-0.3, -0.25) is 4.99 Å². The lowest BCUT2D eigenvalue weighted by molar-refractivity contribution is -0.0250. The summed E-state index contributed by atoms with van der Waals surface area (Å²) in [4.78, 5) is 9.17. The van der Waals surface area contributed by atoms with E-state index in [1.54, 1.807) is 0 Å². The van der Waals surface area contributed by atoms with Crippen LogP contribution in [-0.4, -0.2) is 43.7 Å². The molecule has 0 amide bonds. The van der Waals surface area contributed by atoms with Crippen molar-refractivity contribution in [3.63, 3.8) is 0 Å². The zero-order valence-electron chi connectivity index (χ0n) is 19.3. The van der Waals surface area contributed by atoms with Crippen molar-refractivity contribution >= 4 is 35.8 Å². The van der Waals surface area contributed by atoms with Crippen LogP contribution in [0.15, 0.2) is 53.7 Å². The van der Waals surface area contributed by atoms with Crippen molar-refractivity contribution in [2.75, 3.05) is 38.1 Å². The van der Waals surface area contributed by atoms with Crippen molar-refractivity contribution in [3.05, 3.63) is 59.8 Å². The first-order valence-corrected chi connectivity index (χ1v) is 11.6. The molecule has 0 bridgehead atoms. The fraction of sp³-hybridized carbons (Fsp3) is 0.520. The highest BCUT2D eigenvalue weighted by molar-refractivity contribution is 14.0. The second-order valence-electron chi connectivity index (χ2n) is 8.10. The third-order valence-electron chi connectivity index (χ3n) is 5.55. The van der Waals surface area contributed by atoms with Crippen molar-refractivity contribution in [1.82, 2.24) is 15.6 Å². The fourth-order valence-electron chi connectivity index (χ4n) is 3.85. The lowest BCUT2D eigenvalue weighted by Gasteiger charge is -2.31. The van der Waals surface area contributed by atoms with E-state index in [2.05, 4.69) is 59.0 Å². The third kappa shape index (κ3) is 8.94. The molecule has 3 N–H and O–H groups in total. The molecule has 1 aliphatic rings. The summed E-state index contributed by atoms with van der Waals surface area (Å²) in [6.45, 7) is 8.51. The average molecular weight is 552 g/mol. The predicted molar refractivity (Wildman–Crippen MR) is 144 cm³/mol. The average Bonchev–Trinajstić information content (AvgIpc) is 2.81. The van der Waals surface area contributed by atoms with Gasteiger partial charge in [0.05, 0.1) is 6.10 Å². The highest BCUT2D eigenvalue weighted by Crippen LogP contribution is 2.33. The molecule has 2 aromatic rings. The maximum Gasteiger partial charge on any atom is 0.191 e. The van der Waals surface area contributed by atoms with E-state index in [4.69, 9.17) is 9.73 Å². The lowest BCUT2D eigenvalue weighted by atomic mass is 9.89. The number of guanidine groups is 1. The van der Waals surface area contributed by atoms with Crippen LogP contribution in [0.5, 0.6) is 0 Å². The number of aliphatic imine (C=N–C) groups is 1. The number of halogens is 1. The Balaban J connectivity index is 0.00000363. The van der Waals surface area contributed by atoms with Gasteiger partial charge in [-0.1, -0.05) is 35.9 Å². The van der Waals surface area contributed by atoms with Gasteiger partial charge in [-0.15, -0.1) is 24.0 Å². The number of nitrogens with zero attached hydrogens (tertiary/aromatic N) is 2. The van der Waals surface area contributed by atoms with E-state index in [1.165, 1.54) is 11.1 Å². The number of benzene rings is 1. The Bertz CT molecular complexity index is 785. The standard InChI is InChI=1S/C25H37N5O.HI/c1-3-26-25(29-17-7-6-16-28-23-10-4-5-15-27-23)30-19-22-9-8-18-31-24(22)21-13-11-20(2)12-14-21;/h4-5,10-15,22,24H,3,6-9,16-19H2,1-2H3,(H,27,28)(H2,26,29,30);1H. The minimum atomic E-state index is 0. The monoisotopic (exact) mass is 551 g/mol. The molecule has 0 radical (unpaired) electrons. The maximum absolute atomic E-state index is 6.15. The maximum atomic E-state index is 6.15. The van der Waals surface area contributed by atoms with Gasteiger partial charge < -0.3 is 20.7 Å². The molecule has 2 atom stereocenters. The van der Waals surface area contributed by atoms with Gasteiger partial charge in [0.15, 0.2) is 5.96 Å².